The summed E-state index contributed by atoms with van der Waals surface area (Å²) < 4.78 is 12.5. The lowest BCUT2D eigenvalue weighted by molar-refractivity contribution is -0.0586. The van der Waals surface area contributed by atoms with E-state index in [1.165, 1.54) is 0 Å². The fraction of sp³-hybridized carbons (Fsp3) is 0.350. The monoisotopic (exact) mass is 403 g/mol. The van der Waals surface area contributed by atoms with Gasteiger partial charge in [0.2, 0.25) is 0 Å². The lowest BCUT2D eigenvalue weighted by Gasteiger charge is -2.35. The van der Waals surface area contributed by atoms with Gasteiger partial charge in [-0.25, -0.2) is 0 Å². The van der Waals surface area contributed by atoms with Crippen LogP contribution in [0.15, 0.2) is 53.0 Å². The lowest BCUT2D eigenvalue weighted by Crippen LogP contribution is -2.48. The van der Waals surface area contributed by atoms with E-state index in [9.17, 15) is 4.79 Å². The number of carbonyl (C=O) groups is 1. The molecule has 0 saturated carbocycles. The number of nitrogens with zero attached hydrogens (tertiary/aromatic N) is 1. The molecule has 5 heteroatoms. The Balaban J connectivity index is 1.66. The highest BCUT2D eigenvalue weighted by atomic mass is 79.9. The first kappa shape index (κ1) is 18.0. The Bertz CT molecular complexity index is 722. The molecule has 0 aromatic heterocycles. The van der Waals surface area contributed by atoms with Crippen molar-refractivity contribution in [2.75, 3.05) is 13.1 Å². The third kappa shape index (κ3) is 4.83. The molecular weight excluding hydrogens is 382 g/mol. The van der Waals surface area contributed by atoms with E-state index in [2.05, 4.69) is 15.9 Å². The second-order valence-electron chi connectivity index (χ2n) is 6.41. The molecule has 0 unspecified atom stereocenters. The Kier molecular flexibility index (Phi) is 5.76. The van der Waals surface area contributed by atoms with Crippen LogP contribution in [-0.4, -0.2) is 36.1 Å². The van der Waals surface area contributed by atoms with Crippen LogP contribution < -0.4 is 4.74 Å². The highest BCUT2D eigenvalue weighted by molar-refractivity contribution is 9.10. The Morgan fingerprint density at radius 1 is 1.16 bits per heavy atom. The van der Waals surface area contributed by atoms with Crippen molar-refractivity contribution in [2.24, 2.45) is 0 Å². The maximum atomic E-state index is 12.8. The van der Waals surface area contributed by atoms with Gasteiger partial charge in [0.05, 0.1) is 12.2 Å². The second kappa shape index (κ2) is 8.02. The Morgan fingerprint density at radius 2 is 1.84 bits per heavy atom. The highest BCUT2D eigenvalue weighted by Crippen LogP contribution is 2.19. The van der Waals surface area contributed by atoms with Crippen molar-refractivity contribution in [3.05, 3.63) is 64.1 Å². The smallest absolute Gasteiger partial charge is 0.254 e. The standard InChI is InChI=1S/C20H22BrNO3/c1-14-11-22(12-15(2)25-14)20(23)17-5-3-4-16(10-17)13-24-19-8-6-18(21)7-9-19/h3-10,14-15H,11-13H2,1-2H3/t14-,15+. The first-order valence-corrected chi connectivity index (χ1v) is 9.22. The number of rotatable bonds is 4. The summed E-state index contributed by atoms with van der Waals surface area (Å²) in [5.74, 6) is 0.850. The average Bonchev–Trinajstić information content (AvgIpc) is 2.60. The minimum atomic E-state index is 0.0486. The fourth-order valence-corrected chi connectivity index (χ4v) is 3.28. The molecule has 0 aliphatic carbocycles. The molecule has 0 spiro atoms. The van der Waals surface area contributed by atoms with Crippen LogP contribution in [0.1, 0.15) is 29.8 Å². The maximum absolute atomic E-state index is 12.8. The molecule has 1 aliphatic rings. The van der Waals surface area contributed by atoms with E-state index in [1.54, 1.807) is 0 Å². The summed E-state index contributed by atoms with van der Waals surface area (Å²) in [4.78, 5) is 14.6. The van der Waals surface area contributed by atoms with Crippen LogP contribution in [0.5, 0.6) is 5.75 Å². The zero-order valence-electron chi connectivity index (χ0n) is 14.4. The van der Waals surface area contributed by atoms with Crippen molar-refractivity contribution in [2.45, 2.75) is 32.7 Å². The van der Waals surface area contributed by atoms with Gasteiger partial charge in [0.1, 0.15) is 12.4 Å². The molecule has 3 rings (SSSR count). The molecular formula is C20H22BrNO3. The summed E-state index contributed by atoms with van der Waals surface area (Å²) in [6.07, 6.45) is 0.133. The van der Waals surface area contributed by atoms with Crippen LogP contribution in [0, 0.1) is 0 Å². The zero-order chi connectivity index (χ0) is 17.8. The predicted octanol–water partition coefficient (Wildman–Crippen LogP) is 4.28. The molecule has 132 valence electrons. The predicted molar refractivity (Wildman–Crippen MR) is 101 cm³/mol. The minimum absolute atomic E-state index is 0.0486. The van der Waals surface area contributed by atoms with Gasteiger partial charge in [-0.05, 0) is 55.8 Å². The summed E-state index contributed by atoms with van der Waals surface area (Å²) in [7, 11) is 0. The molecule has 1 heterocycles. The molecule has 4 nitrogen and oxygen atoms in total. The van der Waals surface area contributed by atoms with E-state index < -0.39 is 0 Å². The lowest BCUT2D eigenvalue weighted by atomic mass is 10.1. The van der Waals surface area contributed by atoms with Gasteiger partial charge >= 0.3 is 0 Å². The van der Waals surface area contributed by atoms with Crippen molar-refractivity contribution in [3.63, 3.8) is 0 Å². The quantitative estimate of drug-likeness (QED) is 0.764. The average molecular weight is 404 g/mol. The second-order valence-corrected chi connectivity index (χ2v) is 7.33. The van der Waals surface area contributed by atoms with Crippen molar-refractivity contribution in [1.29, 1.82) is 0 Å². The van der Waals surface area contributed by atoms with Gasteiger partial charge in [0.25, 0.3) is 5.91 Å². The third-order valence-corrected chi connectivity index (χ3v) is 4.63. The van der Waals surface area contributed by atoms with E-state index in [0.29, 0.717) is 25.3 Å². The van der Waals surface area contributed by atoms with E-state index >= 15 is 0 Å². The summed E-state index contributed by atoms with van der Waals surface area (Å²) in [6, 6.07) is 15.3. The number of carbonyl (C=O) groups excluding carboxylic acids is 1. The van der Waals surface area contributed by atoms with Crippen LogP contribution in [0.2, 0.25) is 0 Å². The Hall–Kier alpha value is -1.85. The molecule has 2 aromatic carbocycles. The van der Waals surface area contributed by atoms with Gasteiger partial charge in [-0.1, -0.05) is 28.1 Å². The number of hydrogen-bond donors (Lipinski definition) is 0. The van der Waals surface area contributed by atoms with Gasteiger partial charge in [-0.2, -0.15) is 0 Å². The normalized spacial score (nSPS) is 20.4. The number of amides is 1. The topological polar surface area (TPSA) is 38.8 Å². The fourth-order valence-electron chi connectivity index (χ4n) is 3.02. The first-order valence-electron chi connectivity index (χ1n) is 8.43. The van der Waals surface area contributed by atoms with E-state index in [0.717, 1.165) is 15.8 Å². The van der Waals surface area contributed by atoms with Crippen LogP contribution in [0.25, 0.3) is 0 Å². The van der Waals surface area contributed by atoms with Crippen LogP contribution in [0.3, 0.4) is 0 Å². The summed E-state index contributed by atoms with van der Waals surface area (Å²) >= 11 is 3.41. The van der Waals surface area contributed by atoms with Crippen molar-refractivity contribution in [3.8, 4) is 5.75 Å². The molecule has 0 N–H and O–H groups in total. The SMILES string of the molecule is C[C@@H]1CN(C(=O)c2cccc(COc3ccc(Br)cc3)c2)C[C@H](C)O1. The number of morpholine rings is 1. The highest BCUT2D eigenvalue weighted by Gasteiger charge is 2.26. The van der Waals surface area contributed by atoms with Gasteiger partial charge in [0.15, 0.2) is 0 Å². The number of benzene rings is 2. The molecule has 1 aliphatic heterocycles. The number of ether oxygens (including phenoxy) is 2. The van der Waals surface area contributed by atoms with Gasteiger partial charge < -0.3 is 14.4 Å². The van der Waals surface area contributed by atoms with E-state index in [1.807, 2.05) is 67.3 Å². The minimum Gasteiger partial charge on any atom is -0.489 e. The maximum Gasteiger partial charge on any atom is 0.254 e. The summed E-state index contributed by atoms with van der Waals surface area (Å²) in [6.45, 7) is 5.68. The molecule has 0 radical (unpaired) electrons. The van der Waals surface area contributed by atoms with Crippen molar-refractivity contribution >= 4 is 21.8 Å². The van der Waals surface area contributed by atoms with Crippen molar-refractivity contribution < 1.29 is 14.3 Å². The summed E-state index contributed by atoms with van der Waals surface area (Å²) in [5.41, 5.74) is 1.67. The van der Waals surface area contributed by atoms with Crippen molar-refractivity contribution in [1.82, 2.24) is 4.90 Å². The molecule has 1 fully saturated rings. The largest absolute Gasteiger partial charge is 0.489 e. The van der Waals surface area contributed by atoms with Crippen LogP contribution >= 0.6 is 15.9 Å². The van der Waals surface area contributed by atoms with E-state index in [-0.39, 0.29) is 18.1 Å². The van der Waals surface area contributed by atoms with Gasteiger partial charge in [-0.3, -0.25) is 4.79 Å². The van der Waals surface area contributed by atoms with Gasteiger partial charge in [-0.15, -0.1) is 0 Å². The molecule has 0 bridgehead atoms. The molecule has 2 aromatic rings. The summed E-state index contributed by atoms with van der Waals surface area (Å²) in [5, 5.41) is 0. The number of halogens is 1. The zero-order valence-corrected chi connectivity index (χ0v) is 16.0. The first-order chi connectivity index (χ1) is 12.0. The third-order valence-electron chi connectivity index (χ3n) is 4.10. The molecule has 25 heavy (non-hydrogen) atoms. The van der Waals surface area contributed by atoms with Gasteiger partial charge in [0, 0.05) is 23.1 Å². The molecule has 1 saturated heterocycles. The van der Waals surface area contributed by atoms with Crippen LogP contribution in [-0.2, 0) is 11.3 Å². The Labute approximate surface area is 156 Å². The molecule has 2 atom stereocenters. The van der Waals surface area contributed by atoms with Crippen LogP contribution in [0.4, 0.5) is 0 Å². The Morgan fingerprint density at radius 3 is 2.52 bits per heavy atom. The number of hydrogen-bond acceptors (Lipinski definition) is 3. The molecule has 1 amide bonds. The van der Waals surface area contributed by atoms with E-state index in [4.69, 9.17) is 9.47 Å².